The molecule has 2 aromatic heterocycles. The van der Waals surface area contributed by atoms with Crippen LogP contribution >= 0.6 is 0 Å². The molecule has 0 saturated heterocycles. The number of benzene rings is 9. The Bertz CT molecular complexity index is 3140. The summed E-state index contributed by atoms with van der Waals surface area (Å²) in [6.07, 6.45) is 0. The minimum atomic E-state index is 0.850. The van der Waals surface area contributed by atoms with Gasteiger partial charge in [0.2, 0.25) is 0 Å². The fraction of sp³-hybridized carbons (Fsp3) is 0. The largest absolute Gasteiger partial charge is 0.456 e. The van der Waals surface area contributed by atoms with Gasteiger partial charge in [-0.25, -0.2) is 0 Å². The molecule has 0 aliphatic heterocycles. The third-order valence-electron chi connectivity index (χ3n) is 11.0. The normalized spacial score (nSPS) is 11.6. The number of furan rings is 1. The van der Waals surface area contributed by atoms with Crippen molar-refractivity contribution in [2.24, 2.45) is 0 Å². The molecule has 0 aliphatic carbocycles. The van der Waals surface area contributed by atoms with Crippen LogP contribution in [0.4, 0.5) is 17.1 Å². The summed E-state index contributed by atoms with van der Waals surface area (Å²) in [6.45, 7) is 0. The predicted molar refractivity (Wildman–Crippen MR) is 231 cm³/mol. The minimum Gasteiger partial charge on any atom is -0.456 e. The highest BCUT2D eigenvalue weighted by molar-refractivity contribution is 6.14. The molecule has 0 atom stereocenters. The molecule has 0 N–H and O–H groups in total. The predicted octanol–water partition coefficient (Wildman–Crippen LogP) is 14.6. The Morgan fingerprint density at radius 2 is 1.00 bits per heavy atom. The number of anilines is 3. The van der Waals surface area contributed by atoms with Crippen LogP contribution in [0.25, 0.3) is 82.5 Å². The first-order valence-electron chi connectivity index (χ1n) is 18.8. The molecule has 11 rings (SSSR count). The number of hydrogen-bond donors (Lipinski definition) is 0. The Labute approximate surface area is 318 Å². The minimum absolute atomic E-state index is 0.850. The number of nitrogens with zero attached hydrogens (tertiary/aromatic N) is 2. The first-order chi connectivity index (χ1) is 27.3. The highest BCUT2D eigenvalue weighted by Gasteiger charge is 2.20. The molecule has 0 amide bonds. The Balaban J connectivity index is 1.03. The maximum atomic E-state index is 6.70. The molecule has 3 heteroatoms. The van der Waals surface area contributed by atoms with Crippen molar-refractivity contribution in [3.8, 4) is 27.9 Å². The van der Waals surface area contributed by atoms with E-state index in [1.165, 1.54) is 54.8 Å². The van der Waals surface area contributed by atoms with Crippen LogP contribution in [0.2, 0.25) is 0 Å². The van der Waals surface area contributed by atoms with Crippen molar-refractivity contribution in [1.29, 1.82) is 0 Å². The van der Waals surface area contributed by atoms with Crippen molar-refractivity contribution < 1.29 is 4.42 Å². The fourth-order valence-corrected chi connectivity index (χ4v) is 8.45. The Kier molecular flexibility index (Phi) is 7.17. The van der Waals surface area contributed by atoms with E-state index in [0.717, 1.165) is 44.7 Å². The lowest BCUT2D eigenvalue weighted by Crippen LogP contribution is -2.09. The topological polar surface area (TPSA) is 21.3 Å². The SMILES string of the molecule is c1ccc(-c2ccc3cccc(-c4ccc(N(c5ccccc5)c5ccc6c(c5)oc5cccc(-n7c8ccccc8c8ccccc87)c56)cc4)c3c2)cc1. The van der Waals surface area contributed by atoms with Gasteiger partial charge in [-0.15, -0.1) is 0 Å². The number of para-hydroxylation sites is 3. The van der Waals surface area contributed by atoms with Gasteiger partial charge in [0, 0.05) is 39.3 Å². The number of aromatic nitrogens is 1. The average Bonchev–Trinajstić information content (AvgIpc) is 3.80. The summed E-state index contributed by atoms with van der Waals surface area (Å²) in [5.41, 5.74) is 13.2. The highest BCUT2D eigenvalue weighted by atomic mass is 16.3. The van der Waals surface area contributed by atoms with Gasteiger partial charge in [0.1, 0.15) is 11.2 Å². The van der Waals surface area contributed by atoms with E-state index in [1.807, 2.05) is 0 Å². The van der Waals surface area contributed by atoms with Gasteiger partial charge in [-0.2, -0.15) is 0 Å². The molecule has 0 saturated carbocycles. The maximum absolute atomic E-state index is 6.70. The van der Waals surface area contributed by atoms with Crippen LogP contribution in [0, 0.1) is 0 Å². The van der Waals surface area contributed by atoms with Crippen LogP contribution in [0.5, 0.6) is 0 Å². The molecule has 258 valence electrons. The molecule has 9 aromatic carbocycles. The van der Waals surface area contributed by atoms with Crippen LogP contribution in [-0.4, -0.2) is 4.57 Å². The van der Waals surface area contributed by atoms with Crippen LogP contribution in [0.15, 0.2) is 211 Å². The zero-order chi connectivity index (χ0) is 36.3. The van der Waals surface area contributed by atoms with E-state index in [9.17, 15) is 0 Å². The van der Waals surface area contributed by atoms with E-state index in [1.54, 1.807) is 0 Å². The van der Waals surface area contributed by atoms with Crippen molar-refractivity contribution in [1.82, 2.24) is 4.57 Å². The van der Waals surface area contributed by atoms with Gasteiger partial charge >= 0.3 is 0 Å². The molecule has 3 nitrogen and oxygen atoms in total. The van der Waals surface area contributed by atoms with Crippen LogP contribution < -0.4 is 4.90 Å². The van der Waals surface area contributed by atoms with E-state index in [4.69, 9.17) is 4.42 Å². The molecular weight excluding hydrogens is 669 g/mol. The lowest BCUT2D eigenvalue weighted by Gasteiger charge is -2.25. The summed E-state index contributed by atoms with van der Waals surface area (Å²) in [5.74, 6) is 0. The van der Waals surface area contributed by atoms with Crippen molar-refractivity contribution in [3.63, 3.8) is 0 Å². The zero-order valence-electron chi connectivity index (χ0n) is 29.9. The van der Waals surface area contributed by atoms with Gasteiger partial charge in [-0.05, 0) is 99.8 Å². The highest BCUT2D eigenvalue weighted by Crippen LogP contribution is 2.42. The first-order valence-corrected chi connectivity index (χ1v) is 18.8. The van der Waals surface area contributed by atoms with Crippen LogP contribution in [0.1, 0.15) is 0 Å². The number of hydrogen-bond acceptors (Lipinski definition) is 2. The van der Waals surface area contributed by atoms with E-state index in [-0.39, 0.29) is 0 Å². The molecular formula is C52H34N2O. The van der Waals surface area contributed by atoms with Crippen molar-refractivity contribution in [2.75, 3.05) is 4.90 Å². The second-order valence-electron chi connectivity index (χ2n) is 14.1. The standard InChI is InChI=1S/C52H34N2O/c1-3-13-35(14-4-1)38-26-25-36-15-11-20-42(46(36)33-38)37-27-29-40(30-28-37)53(39-16-5-2-6-17-39)41-31-32-45-51(34-41)55-50-24-12-23-49(52(45)50)54-47-21-9-7-18-43(47)44-19-8-10-22-48(44)54/h1-34H. The molecule has 0 aliphatic rings. The third kappa shape index (κ3) is 5.13. The summed E-state index contributed by atoms with van der Waals surface area (Å²) in [4.78, 5) is 2.31. The van der Waals surface area contributed by atoms with Crippen molar-refractivity contribution in [3.05, 3.63) is 206 Å². The molecule has 0 spiro atoms. The van der Waals surface area contributed by atoms with Gasteiger partial charge in [-0.3, -0.25) is 0 Å². The monoisotopic (exact) mass is 702 g/mol. The van der Waals surface area contributed by atoms with E-state index < -0.39 is 0 Å². The third-order valence-corrected chi connectivity index (χ3v) is 11.0. The zero-order valence-corrected chi connectivity index (χ0v) is 29.9. The molecule has 2 heterocycles. The summed E-state index contributed by atoms with van der Waals surface area (Å²) < 4.78 is 9.08. The molecule has 0 unspecified atom stereocenters. The average molecular weight is 703 g/mol. The lowest BCUT2D eigenvalue weighted by atomic mass is 9.94. The number of rotatable bonds is 6. The Hall–Kier alpha value is -7.36. The van der Waals surface area contributed by atoms with Gasteiger partial charge in [0.25, 0.3) is 0 Å². The van der Waals surface area contributed by atoms with Gasteiger partial charge in [0.05, 0.1) is 22.1 Å². The van der Waals surface area contributed by atoms with Crippen molar-refractivity contribution >= 4 is 71.6 Å². The quantitative estimate of drug-likeness (QED) is 0.172. The second-order valence-corrected chi connectivity index (χ2v) is 14.1. The van der Waals surface area contributed by atoms with Crippen LogP contribution in [-0.2, 0) is 0 Å². The fourth-order valence-electron chi connectivity index (χ4n) is 8.45. The van der Waals surface area contributed by atoms with Gasteiger partial charge < -0.3 is 13.9 Å². The lowest BCUT2D eigenvalue weighted by molar-refractivity contribution is 0.669. The molecule has 11 aromatic rings. The summed E-state index contributed by atoms with van der Waals surface area (Å²) >= 11 is 0. The summed E-state index contributed by atoms with van der Waals surface area (Å²) in [5, 5.41) is 7.15. The van der Waals surface area contributed by atoms with Crippen molar-refractivity contribution in [2.45, 2.75) is 0 Å². The summed E-state index contributed by atoms with van der Waals surface area (Å²) in [7, 11) is 0. The van der Waals surface area contributed by atoms with Gasteiger partial charge in [0.15, 0.2) is 0 Å². The maximum Gasteiger partial charge on any atom is 0.137 e. The van der Waals surface area contributed by atoms with E-state index >= 15 is 0 Å². The van der Waals surface area contributed by atoms with E-state index in [0.29, 0.717) is 0 Å². The number of fused-ring (bicyclic) bond motifs is 7. The van der Waals surface area contributed by atoms with Crippen LogP contribution in [0.3, 0.4) is 0 Å². The molecule has 0 radical (unpaired) electrons. The second kappa shape index (κ2) is 12.6. The summed E-state index contributed by atoms with van der Waals surface area (Å²) in [6, 6.07) is 73.8. The van der Waals surface area contributed by atoms with Gasteiger partial charge in [-0.1, -0.05) is 133 Å². The Morgan fingerprint density at radius 1 is 0.364 bits per heavy atom. The molecule has 0 bridgehead atoms. The molecule has 0 fully saturated rings. The molecule has 55 heavy (non-hydrogen) atoms. The Morgan fingerprint density at radius 3 is 1.76 bits per heavy atom. The first kappa shape index (κ1) is 31.2. The van der Waals surface area contributed by atoms with E-state index in [2.05, 4.69) is 216 Å². The smallest absolute Gasteiger partial charge is 0.137 e.